The molecule has 30 heavy (non-hydrogen) atoms. The second-order valence-corrected chi connectivity index (χ2v) is 7.72. The number of aromatic nitrogens is 3. The van der Waals surface area contributed by atoms with E-state index < -0.39 is 6.10 Å². The van der Waals surface area contributed by atoms with Gasteiger partial charge in [0.25, 0.3) is 5.56 Å². The van der Waals surface area contributed by atoms with Crippen LogP contribution < -0.4 is 10.9 Å². The van der Waals surface area contributed by atoms with Crippen molar-refractivity contribution in [2.45, 2.75) is 6.10 Å². The zero-order chi connectivity index (χ0) is 21.3. The molecular formula is C21H15BrClN5O2. The summed E-state index contributed by atoms with van der Waals surface area (Å²) in [4.78, 5) is 19.9. The molecule has 0 aliphatic rings. The normalized spacial score (nSPS) is 11.9. The van der Waals surface area contributed by atoms with Crippen LogP contribution in [0.1, 0.15) is 17.2 Å². The molecular weight excluding hydrogens is 470 g/mol. The number of halogens is 2. The molecule has 2 aromatic heterocycles. The highest BCUT2D eigenvalue weighted by atomic mass is 79.9. The number of aromatic amines is 1. The third-order valence-electron chi connectivity index (χ3n) is 4.63. The van der Waals surface area contributed by atoms with Gasteiger partial charge in [0.1, 0.15) is 5.56 Å². The molecule has 0 spiro atoms. The van der Waals surface area contributed by atoms with Crippen LogP contribution in [0.5, 0.6) is 0 Å². The van der Waals surface area contributed by atoms with E-state index in [9.17, 15) is 9.90 Å². The first-order valence-electron chi connectivity index (χ1n) is 8.96. The van der Waals surface area contributed by atoms with Gasteiger partial charge in [-0.2, -0.15) is 5.26 Å². The van der Waals surface area contributed by atoms with Crippen molar-refractivity contribution < 1.29 is 5.11 Å². The van der Waals surface area contributed by atoms with Gasteiger partial charge in [-0.1, -0.05) is 23.7 Å². The van der Waals surface area contributed by atoms with Crippen LogP contribution in [0.3, 0.4) is 0 Å². The molecule has 1 unspecified atom stereocenters. The van der Waals surface area contributed by atoms with Gasteiger partial charge in [-0.3, -0.25) is 8.39 Å². The predicted molar refractivity (Wildman–Crippen MR) is 120 cm³/mol. The number of nitriles is 1. The Morgan fingerprint density at radius 2 is 2.13 bits per heavy atom. The Hall–Kier alpha value is -3.12. The number of aliphatic hydroxyl groups is 1. The summed E-state index contributed by atoms with van der Waals surface area (Å²) < 4.78 is 1.59. The first kappa shape index (κ1) is 20.2. The van der Waals surface area contributed by atoms with E-state index >= 15 is 0 Å². The predicted octanol–water partition coefficient (Wildman–Crippen LogP) is 4.22. The second-order valence-electron chi connectivity index (χ2n) is 6.58. The Labute approximate surface area is 184 Å². The fourth-order valence-electron chi connectivity index (χ4n) is 3.16. The molecule has 0 saturated carbocycles. The van der Waals surface area contributed by atoms with Gasteiger partial charge < -0.3 is 15.4 Å². The fraction of sp³-hybridized carbons (Fsp3) is 0.0952. The van der Waals surface area contributed by atoms with Crippen LogP contribution in [0.2, 0.25) is 5.02 Å². The maximum absolute atomic E-state index is 12.6. The summed E-state index contributed by atoms with van der Waals surface area (Å²) in [5.41, 5.74) is 2.93. The lowest BCUT2D eigenvalue weighted by Crippen LogP contribution is -2.17. The molecule has 0 aliphatic carbocycles. The molecule has 2 heterocycles. The zero-order valence-electron chi connectivity index (χ0n) is 15.4. The molecule has 0 fully saturated rings. The molecule has 9 heteroatoms. The Kier molecular flexibility index (Phi) is 5.59. The Morgan fingerprint density at radius 1 is 1.30 bits per heavy atom. The van der Waals surface area contributed by atoms with Crippen LogP contribution in [0.4, 0.5) is 5.69 Å². The molecule has 3 N–H and O–H groups in total. The van der Waals surface area contributed by atoms with Crippen molar-refractivity contribution in [3.05, 3.63) is 81.2 Å². The Bertz CT molecular complexity index is 1340. The molecule has 4 aromatic rings. The summed E-state index contributed by atoms with van der Waals surface area (Å²) >= 11 is 9.44. The van der Waals surface area contributed by atoms with E-state index in [1.165, 1.54) is 6.20 Å². The van der Waals surface area contributed by atoms with E-state index in [0.717, 1.165) is 0 Å². The quantitative estimate of drug-likeness (QED) is 0.393. The molecule has 0 saturated heterocycles. The smallest absolute Gasteiger partial charge is 0.261 e. The third-order valence-corrected chi connectivity index (χ3v) is 5.59. The highest BCUT2D eigenvalue weighted by molar-refractivity contribution is 9.08. The first-order valence-corrected chi connectivity index (χ1v) is 10.0. The van der Waals surface area contributed by atoms with Crippen molar-refractivity contribution >= 4 is 44.5 Å². The number of fused-ring (bicyclic) bond motifs is 1. The average Bonchev–Trinajstić information content (AvgIpc) is 3.07. The lowest BCUT2D eigenvalue weighted by atomic mass is 10.1. The number of nitrogens with zero attached hydrogens (tertiary/aromatic N) is 3. The van der Waals surface area contributed by atoms with E-state index in [4.69, 9.17) is 16.9 Å². The number of pyridine rings is 1. The van der Waals surface area contributed by atoms with Gasteiger partial charge >= 0.3 is 0 Å². The van der Waals surface area contributed by atoms with Gasteiger partial charge in [0.2, 0.25) is 0 Å². The molecule has 2 aromatic carbocycles. The highest BCUT2D eigenvalue weighted by Crippen LogP contribution is 2.30. The summed E-state index contributed by atoms with van der Waals surface area (Å²) in [5.74, 6) is 0.377. The third kappa shape index (κ3) is 3.83. The molecule has 0 aliphatic heterocycles. The van der Waals surface area contributed by atoms with E-state index in [1.807, 2.05) is 0 Å². The van der Waals surface area contributed by atoms with Crippen LogP contribution in [0.15, 0.2) is 59.5 Å². The summed E-state index contributed by atoms with van der Waals surface area (Å²) in [7, 11) is 0. The van der Waals surface area contributed by atoms with Crippen LogP contribution >= 0.6 is 27.7 Å². The summed E-state index contributed by atoms with van der Waals surface area (Å²) in [5, 5.41) is 23.3. The minimum atomic E-state index is -0.822. The lowest BCUT2D eigenvalue weighted by Gasteiger charge is -2.15. The molecule has 1 atom stereocenters. The number of aliphatic hydroxyl groups excluding tert-OH is 1. The van der Waals surface area contributed by atoms with Gasteiger partial charge in [0, 0.05) is 17.8 Å². The minimum Gasteiger partial charge on any atom is -0.387 e. The summed E-state index contributed by atoms with van der Waals surface area (Å²) in [6.07, 6.45) is 0.700. The van der Waals surface area contributed by atoms with Crippen molar-refractivity contribution in [3.63, 3.8) is 0 Å². The van der Waals surface area contributed by atoms with Crippen molar-refractivity contribution in [3.8, 4) is 17.5 Å². The van der Waals surface area contributed by atoms with Crippen molar-refractivity contribution in [1.82, 2.24) is 13.6 Å². The second kappa shape index (κ2) is 8.32. The molecule has 0 amide bonds. The monoisotopic (exact) mass is 483 g/mol. The maximum Gasteiger partial charge on any atom is 0.261 e. The average molecular weight is 485 g/mol. The Morgan fingerprint density at radius 3 is 2.90 bits per heavy atom. The topological polar surface area (TPSA) is 107 Å². The number of anilines is 1. The number of hydrogen-bond donors (Lipinski definition) is 3. The molecule has 0 bridgehead atoms. The molecule has 0 radical (unpaired) electrons. The highest BCUT2D eigenvalue weighted by Gasteiger charge is 2.19. The number of hydrogen-bond acceptors (Lipinski definition) is 5. The molecule has 7 nitrogen and oxygen atoms in total. The van der Waals surface area contributed by atoms with Crippen LogP contribution in [0, 0.1) is 11.3 Å². The number of imidazole rings is 1. The maximum atomic E-state index is 12.6. The minimum absolute atomic E-state index is 0.165. The number of benzene rings is 2. The molecule has 150 valence electrons. The van der Waals surface area contributed by atoms with Gasteiger partial charge in [-0.25, -0.2) is 4.98 Å². The van der Waals surface area contributed by atoms with E-state index in [2.05, 4.69) is 37.5 Å². The standard InChI is InChI=1S/C21H15BrClN5O2/c22-28-17-8-12(10-24)4-5-15(17)27-20(28)19-16(6-7-25-21(19)30)26-11-18(29)13-2-1-3-14(23)9-13/h1-9,18,29H,11H2,(H2,25,26,30). The summed E-state index contributed by atoms with van der Waals surface area (Å²) in [6, 6.07) is 15.8. The largest absolute Gasteiger partial charge is 0.387 e. The lowest BCUT2D eigenvalue weighted by molar-refractivity contribution is 0.191. The number of rotatable bonds is 5. The van der Waals surface area contributed by atoms with Gasteiger partial charge in [-0.05, 0) is 42.0 Å². The van der Waals surface area contributed by atoms with Crippen LogP contribution in [-0.2, 0) is 0 Å². The van der Waals surface area contributed by atoms with Gasteiger partial charge in [0.05, 0.1) is 50.6 Å². The SMILES string of the molecule is N#Cc1ccc2nc(-c3c(NCC(O)c4cccc(Cl)c4)cc[nH]c3=O)n(Br)c2c1. The fourth-order valence-corrected chi connectivity index (χ4v) is 3.90. The van der Waals surface area contributed by atoms with Crippen molar-refractivity contribution in [1.29, 1.82) is 5.26 Å². The zero-order valence-corrected chi connectivity index (χ0v) is 17.8. The van der Waals surface area contributed by atoms with Crippen molar-refractivity contribution in [2.24, 2.45) is 0 Å². The molecule has 4 rings (SSSR count). The van der Waals surface area contributed by atoms with Crippen LogP contribution in [0.25, 0.3) is 22.4 Å². The van der Waals surface area contributed by atoms with Gasteiger partial charge in [0.15, 0.2) is 5.82 Å². The first-order chi connectivity index (χ1) is 14.5. The van der Waals surface area contributed by atoms with Gasteiger partial charge in [-0.15, -0.1) is 0 Å². The number of H-pyrrole nitrogens is 1. The summed E-state index contributed by atoms with van der Waals surface area (Å²) in [6.45, 7) is 0.165. The van der Waals surface area contributed by atoms with E-state index in [-0.39, 0.29) is 12.1 Å². The van der Waals surface area contributed by atoms with Crippen LogP contribution in [-0.4, -0.2) is 25.2 Å². The van der Waals surface area contributed by atoms with E-state index in [0.29, 0.717) is 44.3 Å². The van der Waals surface area contributed by atoms with E-state index in [1.54, 1.807) is 52.1 Å². The Balaban J connectivity index is 1.71. The number of nitrogens with one attached hydrogen (secondary N) is 2. The van der Waals surface area contributed by atoms with Crippen molar-refractivity contribution in [2.75, 3.05) is 11.9 Å².